The predicted molar refractivity (Wildman–Crippen MR) is 85.9 cm³/mol. The highest BCUT2D eigenvalue weighted by Gasteiger charge is 1.84. The summed E-state index contributed by atoms with van der Waals surface area (Å²) in [5.41, 5.74) is 1.34. The zero-order valence-electron chi connectivity index (χ0n) is 10.7. The highest BCUT2D eigenvalue weighted by atomic mass is 33.1. The number of benzene rings is 1. The molecule has 0 spiro atoms. The van der Waals surface area contributed by atoms with Crippen LogP contribution in [0.25, 0.3) is 0 Å². The SMILES string of the molecule is CCCSSCC.CPc1ccc(C)cc1. The van der Waals surface area contributed by atoms with Crippen LogP contribution in [0.5, 0.6) is 0 Å². The highest BCUT2D eigenvalue weighted by molar-refractivity contribution is 8.76. The molecule has 1 aromatic carbocycles. The molecule has 1 atom stereocenters. The van der Waals surface area contributed by atoms with E-state index in [1.165, 1.54) is 28.8 Å². The fraction of sp³-hybridized carbons (Fsp3) is 0.538. The van der Waals surface area contributed by atoms with E-state index in [1.807, 2.05) is 21.6 Å². The maximum atomic E-state index is 2.21. The van der Waals surface area contributed by atoms with Gasteiger partial charge in [0.05, 0.1) is 0 Å². The topological polar surface area (TPSA) is 0 Å². The van der Waals surface area contributed by atoms with E-state index in [1.54, 1.807) is 0 Å². The van der Waals surface area contributed by atoms with E-state index in [0.717, 1.165) is 8.58 Å². The second-order valence-electron chi connectivity index (χ2n) is 3.34. The first-order valence-electron chi connectivity index (χ1n) is 5.73. The van der Waals surface area contributed by atoms with Gasteiger partial charge in [0.15, 0.2) is 0 Å². The summed E-state index contributed by atoms with van der Waals surface area (Å²) in [5, 5.41) is 1.45. The van der Waals surface area contributed by atoms with E-state index in [2.05, 4.69) is 51.7 Å². The lowest BCUT2D eigenvalue weighted by Crippen LogP contribution is -1.90. The standard InChI is InChI=1S/C8H11P.C5H12S2/c1-7-3-5-8(9-2)6-4-7;1-3-5-7-6-4-2/h3-6,9H,1-2H3;3-5H2,1-2H3. The minimum Gasteiger partial charge on any atom is -0.0944 e. The molecule has 0 saturated carbocycles. The molecule has 1 rings (SSSR count). The largest absolute Gasteiger partial charge is 0.0944 e. The van der Waals surface area contributed by atoms with E-state index < -0.39 is 0 Å². The number of hydrogen-bond acceptors (Lipinski definition) is 2. The summed E-state index contributed by atoms with van der Waals surface area (Å²) in [4.78, 5) is 0. The van der Waals surface area contributed by atoms with Gasteiger partial charge in [-0.15, -0.1) is 0 Å². The predicted octanol–water partition coefficient (Wildman–Crippen LogP) is 4.73. The van der Waals surface area contributed by atoms with Crippen molar-refractivity contribution in [3.8, 4) is 0 Å². The first kappa shape index (κ1) is 16.4. The molecule has 0 heterocycles. The van der Waals surface area contributed by atoms with Crippen molar-refractivity contribution < 1.29 is 0 Å². The van der Waals surface area contributed by atoms with Crippen molar-refractivity contribution in [1.29, 1.82) is 0 Å². The third kappa shape index (κ3) is 9.57. The molecule has 0 fully saturated rings. The third-order valence-corrected chi connectivity index (χ3v) is 5.42. The lowest BCUT2D eigenvalue weighted by atomic mass is 10.2. The van der Waals surface area contributed by atoms with E-state index in [9.17, 15) is 0 Å². The van der Waals surface area contributed by atoms with Crippen molar-refractivity contribution in [3.05, 3.63) is 29.8 Å². The molecule has 1 unspecified atom stereocenters. The van der Waals surface area contributed by atoms with Gasteiger partial charge in [0.25, 0.3) is 0 Å². The summed E-state index contributed by atoms with van der Waals surface area (Å²) in [6, 6.07) is 8.69. The van der Waals surface area contributed by atoms with Crippen molar-refractivity contribution in [2.24, 2.45) is 0 Å². The van der Waals surface area contributed by atoms with Crippen molar-refractivity contribution >= 4 is 35.5 Å². The molecule has 92 valence electrons. The molecule has 1 aromatic rings. The minimum atomic E-state index is 0.926. The normalized spacial score (nSPS) is 10.2. The zero-order valence-corrected chi connectivity index (χ0v) is 13.4. The summed E-state index contributed by atoms with van der Waals surface area (Å²) >= 11 is 0. The highest BCUT2D eigenvalue weighted by Crippen LogP contribution is 2.20. The molecule has 0 saturated heterocycles. The molecule has 0 aromatic heterocycles. The van der Waals surface area contributed by atoms with Gasteiger partial charge in [0, 0.05) is 11.5 Å². The molecule has 0 amide bonds. The molecule has 0 nitrogen and oxygen atoms in total. The molecule has 0 radical (unpaired) electrons. The summed E-state index contributed by atoms with van der Waals surface area (Å²) in [7, 11) is 4.85. The second kappa shape index (κ2) is 11.8. The summed E-state index contributed by atoms with van der Waals surface area (Å²) in [6.45, 7) is 8.71. The van der Waals surface area contributed by atoms with Crippen LogP contribution in [0.3, 0.4) is 0 Å². The average Bonchev–Trinajstić information content (AvgIpc) is 2.32. The first-order valence-corrected chi connectivity index (χ1v) is 9.72. The molecule has 0 bridgehead atoms. The Morgan fingerprint density at radius 3 is 2.12 bits per heavy atom. The third-order valence-electron chi connectivity index (χ3n) is 1.83. The van der Waals surface area contributed by atoms with Crippen molar-refractivity contribution in [3.63, 3.8) is 0 Å². The smallest absolute Gasteiger partial charge is 0.00343 e. The summed E-state index contributed by atoms with van der Waals surface area (Å²) < 4.78 is 0. The molecule has 0 aliphatic carbocycles. The van der Waals surface area contributed by atoms with Crippen molar-refractivity contribution in [2.75, 3.05) is 18.2 Å². The van der Waals surface area contributed by atoms with Crippen molar-refractivity contribution in [1.82, 2.24) is 0 Å². The number of aryl methyl sites for hydroxylation is 1. The Bertz CT molecular complexity index is 243. The van der Waals surface area contributed by atoms with Gasteiger partial charge in [-0.1, -0.05) is 73.8 Å². The lowest BCUT2D eigenvalue weighted by Gasteiger charge is -1.94. The van der Waals surface area contributed by atoms with Crippen LogP contribution in [0.15, 0.2) is 24.3 Å². The monoisotopic (exact) mass is 274 g/mol. The van der Waals surface area contributed by atoms with Crippen LogP contribution >= 0.6 is 30.2 Å². The second-order valence-corrected chi connectivity index (χ2v) is 7.29. The number of rotatable bonds is 5. The maximum absolute atomic E-state index is 2.21. The van der Waals surface area contributed by atoms with Gasteiger partial charge in [-0.05, 0) is 25.3 Å². The van der Waals surface area contributed by atoms with Crippen LogP contribution in [0.1, 0.15) is 25.8 Å². The molecule has 3 heteroatoms. The maximum Gasteiger partial charge on any atom is 0.00343 e. The lowest BCUT2D eigenvalue weighted by molar-refractivity contribution is 1.11. The van der Waals surface area contributed by atoms with Crippen molar-refractivity contribution in [2.45, 2.75) is 27.2 Å². The summed E-state index contributed by atoms with van der Waals surface area (Å²) in [6.07, 6.45) is 1.30. The van der Waals surface area contributed by atoms with E-state index >= 15 is 0 Å². The van der Waals surface area contributed by atoms with Crippen LogP contribution < -0.4 is 5.30 Å². The number of hydrogen-bond donors (Lipinski definition) is 0. The van der Waals surface area contributed by atoms with E-state index in [4.69, 9.17) is 0 Å². The molecular formula is C13H23PS2. The van der Waals surface area contributed by atoms with Crippen LogP contribution in [0.2, 0.25) is 0 Å². The van der Waals surface area contributed by atoms with Gasteiger partial charge in [-0.25, -0.2) is 0 Å². The van der Waals surface area contributed by atoms with E-state index in [-0.39, 0.29) is 0 Å². The molecule has 0 N–H and O–H groups in total. The van der Waals surface area contributed by atoms with Gasteiger partial charge in [0.2, 0.25) is 0 Å². The van der Waals surface area contributed by atoms with Crippen LogP contribution in [-0.2, 0) is 0 Å². The Labute approximate surface area is 111 Å². The fourth-order valence-corrected chi connectivity index (χ4v) is 3.25. The molecule has 16 heavy (non-hydrogen) atoms. The van der Waals surface area contributed by atoms with Crippen LogP contribution in [0.4, 0.5) is 0 Å². The fourth-order valence-electron chi connectivity index (χ4n) is 0.946. The van der Waals surface area contributed by atoms with Crippen LogP contribution in [-0.4, -0.2) is 18.2 Å². The molecule has 0 aliphatic rings. The zero-order chi connectivity index (χ0) is 12.2. The van der Waals surface area contributed by atoms with E-state index in [0.29, 0.717) is 0 Å². The Hall–Kier alpha value is 0.350. The average molecular weight is 274 g/mol. The van der Waals surface area contributed by atoms with Crippen LogP contribution in [0, 0.1) is 6.92 Å². The minimum absolute atomic E-state index is 0.926. The Morgan fingerprint density at radius 2 is 1.69 bits per heavy atom. The summed E-state index contributed by atoms with van der Waals surface area (Å²) in [5.74, 6) is 2.54. The Kier molecular flexibility index (Phi) is 12.1. The van der Waals surface area contributed by atoms with Gasteiger partial charge in [-0.2, -0.15) is 0 Å². The first-order chi connectivity index (χ1) is 7.74. The molecular weight excluding hydrogens is 251 g/mol. The van der Waals surface area contributed by atoms with Gasteiger partial charge in [-0.3, -0.25) is 0 Å². The Balaban J connectivity index is 0.000000293. The molecule has 0 aliphatic heterocycles. The van der Waals surface area contributed by atoms with Gasteiger partial charge in [0.1, 0.15) is 0 Å². The van der Waals surface area contributed by atoms with Gasteiger partial charge >= 0.3 is 0 Å². The quantitative estimate of drug-likeness (QED) is 0.432. The van der Waals surface area contributed by atoms with Gasteiger partial charge < -0.3 is 0 Å². The Morgan fingerprint density at radius 1 is 1.06 bits per heavy atom.